The summed E-state index contributed by atoms with van der Waals surface area (Å²) >= 11 is 0. The van der Waals surface area contributed by atoms with E-state index in [0.717, 1.165) is 38.6 Å². The average Bonchev–Trinajstić information content (AvgIpc) is 3.32. The van der Waals surface area contributed by atoms with Gasteiger partial charge in [-0.05, 0) is 36.3 Å². The second-order valence-electron chi connectivity index (χ2n) is 6.88. The number of hydrogen-bond acceptors (Lipinski definition) is 3. The summed E-state index contributed by atoms with van der Waals surface area (Å²) in [5.41, 5.74) is 4.09. The molecule has 1 aromatic heterocycles. The minimum atomic E-state index is 0.310. The largest absolute Gasteiger partial charge is 0.379 e. The summed E-state index contributed by atoms with van der Waals surface area (Å²) in [5, 5.41) is 4.48. The zero-order valence-electron chi connectivity index (χ0n) is 13.8. The molecule has 0 bridgehead atoms. The number of hydrogen-bond donors (Lipinski definition) is 0. The second kappa shape index (κ2) is 6.46. The Balaban J connectivity index is 1.52. The smallest absolute Gasteiger partial charge is 0.0760 e. The van der Waals surface area contributed by atoms with Crippen LogP contribution in [0.2, 0.25) is 0 Å². The molecule has 2 aromatic rings. The Morgan fingerprint density at radius 1 is 1.17 bits per heavy atom. The lowest BCUT2D eigenvalue weighted by Crippen LogP contribution is -2.38. The van der Waals surface area contributed by atoms with Crippen LogP contribution in [0.15, 0.2) is 36.5 Å². The van der Waals surface area contributed by atoms with Crippen LogP contribution >= 0.6 is 0 Å². The van der Waals surface area contributed by atoms with Gasteiger partial charge in [-0.1, -0.05) is 30.3 Å². The molecule has 1 atom stereocenters. The Labute approximate surface area is 138 Å². The maximum atomic E-state index is 6.06. The van der Waals surface area contributed by atoms with Crippen molar-refractivity contribution >= 4 is 0 Å². The molecule has 0 N–H and O–H groups in total. The minimum absolute atomic E-state index is 0.310. The molecule has 23 heavy (non-hydrogen) atoms. The summed E-state index contributed by atoms with van der Waals surface area (Å²) in [5.74, 6) is 0.812. The highest BCUT2D eigenvalue weighted by Crippen LogP contribution is 2.33. The molecule has 0 spiro atoms. The molecule has 1 aliphatic carbocycles. The summed E-state index contributed by atoms with van der Waals surface area (Å²) in [7, 11) is 2.05. The summed E-state index contributed by atoms with van der Waals surface area (Å²) < 4.78 is 8.10. The lowest BCUT2D eigenvalue weighted by Gasteiger charge is -2.36. The first-order chi connectivity index (χ1) is 11.3. The second-order valence-corrected chi connectivity index (χ2v) is 6.88. The Hall–Kier alpha value is -1.65. The average molecular weight is 311 g/mol. The molecule has 1 unspecified atom stereocenters. The van der Waals surface area contributed by atoms with Crippen LogP contribution in [0.1, 0.15) is 35.7 Å². The SMILES string of the molecule is Cn1ncc2c1C(COCC1CC1)N(Cc1ccccc1)CC2. The van der Waals surface area contributed by atoms with Crippen LogP contribution in [0.3, 0.4) is 0 Å². The van der Waals surface area contributed by atoms with Gasteiger partial charge in [0.2, 0.25) is 0 Å². The van der Waals surface area contributed by atoms with Gasteiger partial charge in [-0.2, -0.15) is 5.10 Å². The maximum absolute atomic E-state index is 6.06. The van der Waals surface area contributed by atoms with Crippen molar-refractivity contribution in [2.24, 2.45) is 13.0 Å². The normalized spacial score (nSPS) is 21.3. The topological polar surface area (TPSA) is 30.3 Å². The fourth-order valence-electron chi connectivity index (χ4n) is 3.53. The van der Waals surface area contributed by atoms with Crippen LogP contribution in [0.25, 0.3) is 0 Å². The van der Waals surface area contributed by atoms with E-state index in [4.69, 9.17) is 4.74 Å². The monoisotopic (exact) mass is 311 g/mol. The summed E-state index contributed by atoms with van der Waals surface area (Å²) in [6, 6.07) is 11.0. The van der Waals surface area contributed by atoms with Crippen LogP contribution in [0.5, 0.6) is 0 Å². The third kappa shape index (κ3) is 3.33. The van der Waals surface area contributed by atoms with E-state index in [2.05, 4.69) is 47.4 Å². The van der Waals surface area contributed by atoms with Crippen LogP contribution in [-0.2, 0) is 24.8 Å². The molecule has 4 heteroatoms. The standard InChI is InChI=1S/C19H25N3O/c1-21-19-17(11-20-21)9-10-22(12-15-5-3-2-4-6-15)18(19)14-23-13-16-7-8-16/h2-6,11,16,18H,7-10,12-14H2,1H3. The summed E-state index contributed by atoms with van der Waals surface area (Å²) in [4.78, 5) is 2.55. The molecule has 1 aromatic carbocycles. The predicted octanol–water partition coefficient (Wildman–Crippen LogP) is 2.95. The van der Waals surface area contributed by atoms with Crippen LogP contribution in [0, 0.1) is 5.92 Å². The fraction of sp³-hybridized carbons (Fsp3) is 0.526. The first kappa shape index (κ1) is 14.9. The molecule has 2 aliphatic rings. The molecule has 4 nitrogen and oxygen atoms in total. The van der Waals surface area contributed by atoms with Crippen molar-refractivity contribution < 1.29 is 4.74 Å². The third-order valence-corrected chi connectivity index (χ3v) is 5.04. The zero-order valence-corrected chi connectivity index (χ0v) is 13.8. The van der Waals surface area contributed by atoms with Crippen molar-refractivity contribution in [1.82, 2.24) is 14.7 Å². The van der Waals surface area contributed by atoms with Gasteiger partial charge in [-0.25, -0.2) is 0 Å². The van der Waals surface area contributed by atoms with E-state index in [-0.39, 0.29) is 0 Å². The maximum Gasteiger partial charge on any atom is 0.0760 e. The molecule has 4 rings (SSSR count). The summed E-state index contributed by atoms with van der Waals surface area (Å²) in [6.07, 6.45) is 5.79. The Kier molecular flexibility index (Phi) is 4.19. The van der Waals surface area contributed by atoms with Gasteiger partial charge < -0.3 is 4.74 Å². The van der Waals surface area contributed by atoms with Crippen molar-refractivity contribution in [2.75, 3.05) is 19.8 Å². The van der Waals surface area contributed by atoms with Gasteiger partial charge in [-0.3, -0.25) is 9.58 Å². The van der Waals surface area contributed by atoms with E-state index in [1.807, 2.05) is 10.9 Å². The van der Waals surface area contributed by atoms with E-state index >= 15 is 0 Å². The van der Waals surface area contributed by atoms with E-state index in [0.29, 0.717) is 6.04 Å². The zero-order chi connectivity index (χ0) is 15.6. The first-order valence-electron chi connectivity index (χ1n) is 8.68. The number of rotatable bonds is 6. The van der Waals surface area contributed by atoms with Gasteiger partial charge in [0.05, 0.1) is 24.5 Å². The molecule has 1 saturated carbocycles. The van der Waals surface area contributed by atoms with Crippen molar-refractivity contribution in [3.8, 4) is 0 Å². The van der Waals surface area contributed by atoms with Crippen molar-refractivity contribution in [3.63, 3.8) is 0 Å². The van der Waals surface area contributed by atoms with Gasteiger partial charge in [-0.15, -0.1) is 0 Å². The Morgan fingerprint density at radius 2 is 2.00 bits per heavy atom. The lowest BCUT2D eigenvalue weighted by molar-refractivity contribution is 0.0413. The lowest BCUT2D eigenvalue weighted by atomic mass is 9.99. The summed E-state index contributed by atoms with van der Waals surface area (Å²) in [6.45, 7) is 3.74. The Morgan fingerprint density at radius 3 is 2.78 bits per heavy atom. The highest BCUT2D eigenvalue weighted by atomic mass is 16.5. The molecule has 122 valence electrons. The molecular formula is C19H25N3O. The number of aryl methyl sites for hydroxylation is 1. The van der Waals surface area contributed by atoms with E-state index in [1.165, 1.54) is 29.7 Å². The van der Waals surface area contributed by atoms with Crippen molar-refractivity contribution in [3.05, 3.63) is 53.3 Å². The number of aromatic nitrogens is 2. The number of nitrogens with zero attached hydrogens (tertiary/aromatic N) is 3. The molecular weight excluding hydrogens is 286 g/mol. The van der Waals surface area contributed by atoms with Crippen LogP contribution in [-0.4, -0.2) is 34.4 Å². The Bertz CT molecular complexity index is 648. The number of ether oxygens (including phenoxy) is 1. The van der Waals surface area contributed by atoms with Gasteiger partial charge in [0, 0.05) is 26.7 Å². The molecule has 0 radical (unpaired) electrons. The quantitative estimate of drug-likeness (QED) is 0.822. The first-order valence-corrected chi connectivity index (χ1v) is 8.68. The van der Waals surface area contributed by atoms with Crippen LogP contribution in [0.4, 0.5) is 0 Å². The molecule has 0 saturated heterocycles. The third-order valence-electron chi connectivity index (χ3n) is 5.04. The van der Waals surface area contributed by atoms with Gasteiger partial charge in [0.25, 0.3) is 0 Å². The van der Waals surface area contributed by atoms with E-state index in [9.17, 15) is 0 Å². The highest BCUT2D eigenvalue weighted by Gasteiger charge is 2.31. The van der Waals surface area contributed by atoms with E-state index in [1.54, 1.807) is 0 Å². The number of benzene rings is 1. The van der Waals surface area contributed by atoms with Crippen LogP contribution < -0.4 is 0 Å². The molecule has 0 amide bonds. The van der Waals surface area contributed by atoms with Gasteiger partial charge in [0.1, 0.15) is 0 Å². The fourth-order valence-corrected chi connectivity index (χ4v) is 3.53. The molecule has 1 aliphatic heterocycles. The van der Waals surface area contributed by atoms with Gasteiger partial charge in [0.15, 0.2) is 0 Å². The minimum Gasteiger partial charge on any atom is -0.379 e. The number of fused-ring (bicyclic) bond motifs is 1. The van der Waals surface area contributed by atoms with Crippen molar-refractivity contribution in [2.45, 2.75) is 31.8 Å². The van der Waals surface area contributed by atoms with Gasteiger partial charge >= 0.3 is 0 Å². The molecule has 1 fully saturated rings. The van der Waals surface area contributed by atoms with E-state index < -0.39 is 0 Å². The molecule has 2 heterocycles. The predicted molar refractivity (Wildman–Crippen MR) is 90.0 cm³/mol. The highest BCUT2D eigenvalue weighted by molar-refractivity contribution is 5.26. The van der Waals surface area contributed by atoms with Crippen molar-refractivity contribution in [1.29, 1.82) is 0 Å².